The standard InChI is InChI=1S/C9H13F2N3O/c1-5(2)12-9(15)6-4-14(3)13-7(6)8(10)11/h4-5,8H,1-3H3,(H,12,15). The number of hydrogen-bond donors (Lipinski definition) is 1. The molecule has 0 saturated heterocycles. The molecule has 15 heavy (non-hydrogen) atoms. The van der Waals surface area contributed by atoms with E-state index in [2.05, 4.69) is 10.4 Å². The van der Waals surface area contributed by atoms with Gasteiger partial charge in [-0.1, -0.05) is 0 Å². The van der Waals surface area contributed by atoms with Gasteiger partial charge in [0.2, 0.25) is 0 Å². The second-order valence-electron chi connectivity index (χ2n) is 3.53. The molecule has 4 nitrogen and oxygen atoms in total. The summed E-state index contributed by atoms with van der Waals surface area (Å²) in [6.45, 7) is 3.52. The number of aryl methyl sites for hydroxylation is 1. The summed E-state index contributed by atoms with van der Waals surface area (Å²) in [5.41, 5.74) is -0.545. The fourth-order valence-electron chi connectivity index (χ4n) is 1.18. The van der Waals surface area contributed by atoms with Crippen LogP contribution in [0.5, 0.6) is 0 Å². The number of carbonyl (C=O) groups excluding carboxylic acids is 1. The molecule has 0 aromatic carbocycles. The maximum atomic E-state index is 12.5. The second-order valence-corrected chi connectivity index (χ2v) is 3.53. The molecule has 0 bridgehead atoms. The molecule has 0 atom stereocenters. The van der Waals surface area contributed by atoms with Gasteiger partial charge in [-0.25, -0.2) is 8.78 Å². The van der Waals surface area contributed by atoms with Gasteiger partial charge in [-0.05, 0) is 13.8 Å². The van der Waals surface area contributed by atoms with Crippen LogP contribution in [0.2, 0.25) is 0 Å². The minimum absolute atomic E-state index is 0.0683. The van der Waals surface area contributed by atoms with E-state index >= 15 is 0 Å². The quantitative estimate of drug-likeness (QED) is 0.833. The van der Waals surface area contributed by atoms with Gasteiger partial charge in [0.25, 0.3) is 12.3 Å². The van der Waals surface area contributed by atoms with Gasteiger partial charge in [-0.3, -0.25) is 9.48 Å². The van der Waals surface area contributed by atoms with Crippen molar-refractivity contribution in [1.82, 2.24) is 15.1 Å². The number of aromatic nitrogens is 2. The number of carbonyl (C=O) groups is 1. The van der Waals surface area contributed by atoms with Crippen molar-refractivity contribution < 1.29 is 13.6 Å². The first-order valence-corrected chi connectivity index (χ1v) is 4.54. The van der Waals surface area contributed by atoms with Gasteiger partial charge in [-0.15, -0.1) is 0 Å². The summed E-state index contributed by atoms with van der Waals surface area (Å²) >= 11 is 0. The Hall–Kier alpha value is -1.46. The van der Waals surface area contributed by atoms with Crippen molar-refractivity contribution in [3.05, 3.63) is 17.5 Å². The lowest BCUT2D eigenvalue weighted by Gasteiger charge is -2.07. The molecule has 6 heteroatoms. The fourth-order valence-corrected chi connectivity index (χ4v) is 1.18. The Morgan fingerprint density at radius 2 is 2.13 bits per heavy atom. The molecule has 0 aliphatic heterocycles. The van der Waals surface area contributed by atoms with Crippen LogP contribution in [0, 0.1) is 0 Å². The Morgan fingerprint density at radius 1 is 1.53 bits per heavy atom. The number of nitrogens with one attached hydrogen (secondary N) is 1. The van der Waals surface area contributed by atoms with Crippen molar-refractivity contribution >= 4 is 5.91 Å². The molecule has 0 saturated carbocycles. The Kier molecular flexibility index (Phi) is 3.39. The molecule has 0 unspecified atom stereocenters. The van der Waals surface area contributed by atoms with Gasteiger partial charge < -0.3 is 5.32 Å². The van der Waals surface area contributed by atoms with E-state index < -0.39 is 18.0 Å². The lowest BCUT2D eigenvalue weighted by atomic mass is 10.2. The van der Waals surface area contributed by atoms with E-state index in [-0.39, 0.29) is 11.6 Å². The third-order valence-electron chi connectivity index (χ3n) is 1.73. The van der Waals surface area contributed by atoms with Crippen LogP contribution in [0.15, 0.2) is 6.20 Å². The van der Waals surface area contributed by atoms with Crippen molar-refractivity contribution in [2.75, 3.05) is 0 Å². The molecule has 0 aliphatic carbocycles. The first-order chi connectivity index (χ1) is 6.91. The predicted molar refractivity (Wildman–Crippen MR) is 50.8 cm³/mol. The number of rotatable bonds is 3. The molecule has 1 N–H and O–H groups in total. The molecule has 84 valence electrons. The highest BCUT2D eigenvalue weighted by molar-refractivity contribution is 5.95. The molecule has 1 aromatic rings. The monoisotopic (exact) mass is 217 g/mol. The first-order valence-electron chi connectivity index (χ1n) is 4.54. The zero-order valence-corrected chi connectivity index (χ0v) is 8.79. The molecule has 0 spiro atoms. The van der Waals surface area contributed by atoms with Crippen LogP contribution in [-0.2, 0) is 7.05 Å². The third kappa shape index (κ3) is 2.74. The average Bonchev–Trinajstić information content (AvgIpc) is 2.46. The molecule has 0 radical (unpaired) electrons. The SMILES string of the molecule is CC(C)NC(=O)c1cn(C)nc1C(F)F. The van der Waals surface area contributed by atoms with E-state index in [9.17, 15) is 13.6 Å². The van der Waals surface area contributed by atoms with Crippen LogP contribution in [0.1, 0.15) is 36.3 Å². The van der Waals surface area contributed by atoms with Crippen LogP contribution < -0.4 is 5.32 Å². The first kappa shape index (κ1) is 11.6. The molecule has 1 heterocycles. The van der Waals surface area contributed by atoms with E-state index in [1.807, 2.05) is 0 Å². The molecule has 0 fully saturated rings. The van der Waals surface area contributed by atoms with Crippen LogP contribution >= 0.6 is 0 Å². The van der Waals surface area contributed by atoms with Crippen molar-refractivity contribution in [1.29, 1.82) is 0 Å². The van der Waals surface area contributed by atoms with Gasteiger partial charge in [0, 0.05) is 19.3 Å². The highest BCUT2D eigenvalue weighted by atomic mass is 19.3. The maximum Gasteiger partial charge on any atom is 0.282 e. The lowest BCUT2D eigenvalue weighted by Crippen LogP contribution is -2.30. The molecule has 1 amide bonds. The van der Waals surface area contributed by atoms with Gasteiger partial charge >= 0.3 is 0 Å². The molecule has 1 rings (SSSR count). The topological polar surface area (TPSA) is 46.9 Å². The number of halogens is 2. The van der Waals surface area contributed by atoms with E-state index in [1.165, 1.54) is 17.9 Å². The summed E-state index contributed by atoms with van der Waals surface area (Å²) in [6, 6.07) is -0.0942. The Bertz CT molecular complexity index is 360. The minimum Gasteiger partial charge on any atom is -0.350 e. The van der Waals surface area contributed by atoms with E-state index in [4.69, 9.17) is 0 Å². The normalized spacial score (nSPS) is 11.1. The Morgan fingerprint density at radius 3 is 2.60 bits per heavy atom. The summed E-state index contributed by atoms with van der Waals surface area (Å²) in [5, 5.41) is 6.09. The molecule has 1 aromatic heterocycles. The summed E-state index contributed by atoms with van der Waals surface area (Å²) in [5.74, 6) is -0.520. The third-order valence-corrected chi connectivity index (χ3v) is 1.73. The second kappa shape index (κ2) is 4.37. The van der Waals surface area contributed by atoms with E-state index in [0.717, 1.165) is 0 Å². The van der Waals surface area contributed by atoms with Gasteiger partial charge in [-0.2, -0.15) is 5.10 Å². The minimum atomic E-state index is -2.74. The van der Waals surface area contributed by atoms with Crippen LogP contribution in [0.3, 0.4) is 0 Å². The smallest absolute Gasteiger partial charge is 0.282 e. The molecular formula is C9H13F2N3O. The van der Waals surface area contributed by atoms with Crippen molar-refractivity contribution in [2.24, 2.45) is 7.05 Å². The number of amides is 1. The zero-order chi connectivity index (χ0) is 11.6. The Balaban J connectivity index is 2.97. The van der Waals surface area contributed by atoms with Crippen LogP contribution in [0.25, 0.3) is 0 Å². The summed E-state index contributed by atoms with van der Waals surface area (Å²) in [6.07, 6.45) is -1.45. The van der Waals surface area contributed by atoms with Crippen LogP contribution in [-0.4, -0.2) is 21.7 Å². The maximum absolute atomic E-state index is 12.5. The summed E-state index contributed by atoms with van der Waals surface area (Å²) in [4.78, 5) is 11.5. The number of hydrogen-bond acceptors (Lipinski definition) is 2. The largest absolute Gasteiger partial charge is 0.350 e. The van der Waals surface area contributed by atoms with Gasteiger partial charge in [0.05, 0.1) is 5.56 Å². The predicted octanol–water partition coefficient (Wildman–Crippen LogP) is 1.50. The molecular weight excluding hydrogens is 204 g/mol. The van der Waals surface area contributed by atoms with Crippen molar-refractivity contribution in [3.63, 3.8) is 0 Å². The molecule has 0 aliphatic rings. The Labute approximate surface area is 86.3 Å². The number of nitrogens with zero attached hydrogens (tertiary/aromatic N) is 2. The van der Waals surface area contributed by atoms with Crippen molar-refractivity contribution in [3.8, 4) is 0 Å². The van der Waals surface area contributed by atoms with Gasteiger partial charge in [0.1, 0.15) is 5.69 Å². The van der Waals surface area contributed by atoms with Crippen molar-refractivity contribution in [2.45, 2.75) is 26.3 Å². The zero-order valence-electron chi connectivity index (χ0n) is 8.79. The lowest BCUT2D eigenvalue weighted by molar-refractivity contribution is 0.0928. The van der Waals surface area contributed by atoms with Gasteiger partial charge in [0.15, 0.2) is 0 Å². The number of alkyl halides is 2. The highest BCUT2D eigenvalue weighted by Gasteiger charge is 2.22. The van der Waals surface area contributed by atoms with E-state index in [1.54, 1.807) is 13.8 Å². The van der Waals surface area contributed by atoms with Crippen LogP contribution in [0.4, 0.5) is 8.78 Å². The highest BCUT2D eigenvalue weighted by Crippen LogP contribution is 2.20. The average molecular weight is 217 g/mol. The fraction of sp³-hybridized carbons (Fsp3) is 0.556. The summed E-state index contributed by atoms with van der Waals surface area (Å²) in [7, 11) is 1.50. The van der Waals surface area contributed by atoms with E-state index in [0.29, 0.717) is 0 Å². The summed E-state index contributed by atoms with van der Waals surface area (Å²) < 4.78 is 26.2.